The first-order valence-electron chi connectivity index (χ1n) is 10.9. The predicted octanol–water partition coefficient (Wildman–Crippen LogP) is 2.44. The van der Waals surface area contributed by atoms with E-state index in [4.69, 9.17) is 4.74 Å². The highest BCUT2D eigenvalue weighted by Crippen LogP contribution is 2.18. The molecule has 4 aromatic rings. The molecule has 0 aliphatic carbocycles. The van der Waals surface area contributed by atoms with Crippen molar-refractivity contribution in [3.63, 3.8) is 0 Å². The summed E-state index contributed by atoms with van der Waals surface area (Å²) in [5.74, 6) is -0.181. The molecular weight excluding hydrogens is 406 g/mol. The van der Waals surface area contributed by atoms with Crippen LogP contribution in [0.4, 0.5) is 5.69 Å². The number of hydrogen-bond acceptors (Lipinski definition) is 5. The number of rotatable bonds is 5. The summed E-state index contributed by atoms with van der Waals surface area (Å²) in [6, 6.07) is 15.3. The van der Waals surface area contributed by atoms with Crippen LogP contribution in [0.25, 0.3) is 16.6 Å². The third-order valence-corrected chi connectivity index (χ3v) is 5.95. The lowest BCUT2D eigenvalue weighted by Crippen LogP contribution is -2.36. The lowest BCUT2D eigenvalue weighted by molar-refractivity contribution is 0.0951. The van der Waals surface area contributed by atoms with Gasteiger partial charge in [-0.25, -0.2) is 4.52 Å². The Kier molecular flexibility index (Phi) is 5.36. The molecule has 164 valence electrons. The van der Waals surface area contributed by atoms with E-state index in [1.807, 2.05) is 25.1 Å². The molecule has 0 atom stereocenters. The Labute approximate surface area is 185 Å². The molecule has 1 amide bonds. The quantitative estimate of drug-likeness (QED) is 0.525. The molecule has 0 radical (unpaired) electrons. The van der Waals surface area contributed by atoms with Crippen molar-refractivity contribution in [3.8, 4) is 0 Å². The summed E-state index contributed by atoms with van der Waals surface area (Å²) in [4.78, 5) is 27.9. The molecule has 8 heteroatoms. The Balaban J connectivity index is 1.34. The van der Waals surface area contributed by atoms with Gasteiger partial charge >= 0.3 is 0 Å². The standard InChI is InChI=1S/C24H25N5O3/c1-2-28-22-15-18(5-8-20(22)29-21(24(28)31)9-10-26-29)23(30)25-16-17-3-6-19(7-4-17)27-11-13-32-14-12-27/h3-10,15H,2,11-14,16H2,1H3,(H,25,30). The number of hydrogen-bond donors (Lipinski definition) is 1. The Bertz CT molecular complexity index is 1330. The first-order valence-corrected chi connectivity index (χ1v) is 10.9. The van der Waals surface area contributed by atoms with Gasteiger partial charge in [0.15, 0.2) is 0 Å². The van der Waals surface area contributed by atoms with Crippen LogP contribution < -0.4 is 15.8 Å². The monoisotopic (exact) mass is 431 g/mol. The lowest BCUT2D eigenvalue weighted by Gasteiger charge is -2.28. The summed E-state index contributed by atoms with van der Waals surface area (Å²) in [5, 5.41) is 7.25. The van der Waals surface area contributed by atoms with Crippen LogP contribution in [-0.2, 0) is 17.8 Å². The van der Waals surface area contributed by atoms with E-state index in [1.165, 1.54) is 5.69 Å². The second-order valence-corrected chi connectivity index (χ2v) is 7.83. The van der Waals surface area contributed by atoms with E-state index in [0.717, 1.165) is 37.4 Å². The molecule has 0 spiro atoms. The maximum absolute atomic E-state index is 12.8. The SMILES string of the molecule is CCn1c(=O)c2ccnn2c2ccc(C(=O)NCc3ccc(N4CCOCC4)cc3)cc21. The van der Waals surface area contributed by atoms with E-state index in [2.05, 4.69) is 27.4 Å². The zero-order valence-electron chi connectivity index (χ0n) is 18.0. The fourth-order valence-electron chi connectivity index (χ4n) is 4.21. The van der Waals surface area contributed by atoms with Gasteiger partial charge in [-0.2, -0.15) is 5.10 Å². The molecule has 1 aliphatic rings. The summed E-state index contributed by atoms with van der Waals surface area (Å²) < 4.78 is 8.70. The number of amides is 1. The van der Waals surface area contributed by atoms with Crippen LogP contribution in [0.2, 0.25) is 0 Å². The molecule has 0 saturated carbocycles. The van der Waals surface area contributed by atoms with Crippen LogP contribution in [0.15, 0.2) is 59.5 Å². The number of morpholine rings is 1. The number of aromatic nitrogens is 3. The summed E-state index contributed by atoms with van der Waals surface area (Å²) in [7, 11) is 0. The van der Waals surface area contributed by atoms with Crippen LogP contribution >= 0.6 is 0 Å². The highest BCUT2D eigenvalue weighted by atomic mass is 16.5. The van der Waals surface area contributed by atoms with Crippen LogP contribution in [0.3, 0.4) is 0 Å². The lowest BCUT2D eigenvalue weighted by atomic mass is 10.1. The minimum Gasteiger partial charge on any atom is -0.378 e. The van der Waals surface area contributed by atoms with Gasteiger partial charge in [0.25, 0.3) is 11.5 Å². The molecule has 1 fully saturated rings. The maximum Gasteiger partial charge on any atom is 0.277 e. The largest absolute Gasteiger partial charge is 0.378 e. The van der Waals surface area contributed by atoms with Gasteiger partial charge in [-0.05, 0) is 48.9 Å². The van der Waals surface area contributed by atoms with Gasteiger partial charge in [0, 0.05) is 37.4 Å². The smallest absolute Gasteiger partial charge is 0.277 e. The Morgan fingerprint density at radius 2 is 1.81 bits per heavy atom. The second kappa shape index (κ2) is 8.47. The van der Waals surface area contributed by atoms with Gasteiger partial charge in [-0.15, -0.1) is 0 Å². The average Bonchev–Trinajstić information content (AvgIpc) is 3.34. The van der Waals surface area contributed by atoms with E-state index in [1.54, 1.807) is 33.5 Å². The molecule has 32 heavy (non-hydrogen) atoms. The number of nitrogens with one attached hydrogen (secondary N) is 1. The van der Waals surface area contributed by atoms with E-state index < -0.39 is 0 Å². The fourth-order valence-corrected chi connectivity index (χ4v) is 4.21. The number of carbonyl (C=O) groups excluding carboxylic acids is 1. The minimum absolute atomic E-state index is 0.115. The minimum atomic E-state index is -0.181. The van der Waals surface area contributed by atoms with Crippen molar-refractivity contribution in [1.29, 1.82) is 0 Å². The topological polar surface area (TPSA) is 80.9 Å². The van der Waals surface area contributed by atoms with Crippen LogP contribution in [0.1, 0.15) is 22.8 Å². The van der Waals surface area contributed by atoms with Crippen molar-refractivity contribution < 1.29 is 9.53 Å². The van der Waals surface area contributed by atoms with Crippen molar-refractivity contribution in [2.75, 3.05) is 31.2 Å². The molecule has 1 aliphatic heterocycles. The molecule has 1 saturated heterocycles. The molecule has 8 nitrogen and oxygen atoms in total. The van der Waals surface area contributed by atoms with E-state index in [-0.39, 0.29) is 11.5 Å². The van der Waals surface area contributed by atoms with Gasteiger partial charge in [-0.3, -0.25) is 9.59 Å². The third kappa shape index (κ3) is 3.62. The molecular formula is C24H25N5O3. The van der Waals surface area contributed by atoms with Crippen LogP contribution in [0, 0.1) is 0 Å². The molecule has 2 aromatic heterocycles. The Morgan fingerprint density at radius 3 is 2.56 bits per heavy atom. The molecule has 3 heterocycles. The number of carbonyl (C=O) groups is 1. The first kappa shape index (κ1) is 20.3. The zero-order chi connectivity index (χ0) is 22.1. The highest BCUT2D eigenvalue weighted by molar-refractivity contribution is 5.97. The average molecular weight is 431 g/mol. The van der Waals surface area contributed by atoms with Crippen molar-refractivity contribution in [2.45, 2.75) is 20.0 Å². The Hall–Kier alpha value is -3.65. The van der Waals surface area contributed by atoms with Crippen molar-refractivity contribution >= 4 is 28.1 Å². The second-order valence-electron chi connectivity index (χ2n) is 7.83. The number of nitrogens with zero attached hydrogens (tertiary/aromatic N) is 4. The van der Waals surface area contributed by atoms with E-state index >= 15 is 0 Å². The third-order valence-electron chi connectivity index (χ3n) is 5.95. The number of ether oxygens (including phenoxy) is 1. The van der Waals surface area contributed by atoms with Gasteiger partial charge in [0.1, 0.15) is 5.52 Å². The normalized spacial score (nSPS) is 14.2. The molecule has 1 N–H and O–H groups in total. The van der Waals surface area contributed by atoms with Crippen molar-refractivity contribution in [1.82, 2.24) is 19.5 Å². The molecule has 0 unspecified atom stereocenters. The zero-order valence-corrected chi connectivity index (χ0v) is 18.0. The first-order chi connectivity index (χ1) is 15.7. The number of anilines is 1. The molecule has 0 bridgehead atoms. The van der Waals surface area contributed by atoms with Crippen molar-refractivity contribution in [3.05, 3.63) is 76.2 Å². The highest BCUT2D eigenvalue weighted by Gasteiger charge is 2.14. The summed E-state index contributed by atoms with van der Waals surface area (Å²) in [5.41, 5.74) is 4.60. The van der Waals surface area contributed by atoms with Crippen molar-refractivity contribution in [2.24, 2.45) is 0 Å². The van der Waals surface area contributed by atoms with E-state index in [9.17, 15) is 9.59 Å². The fraction of sp³-hybridized carbons (Fsp3) is 0.292. The van der Waals surface area contributed by atoms with Crippen LogP contribution in [-0.4, -0.2) is 46.4 Å². The number of benzene rings is 2. The molecule has 5 rings (SSSR count). The van der Waals surface area contributed by atoms with Crippen LogP contribution in [0.5, 0.6) is 0 Å². The van der Waals surface area contributed by atoms with Gasteiger partial charge in [0.2, 0.25) is 0 Å². The maximum atomic E-state index is 12.8. The number of aryl methyl sites for hydroxylation is 1. The summed E-state index contributed by atoms with van der Waals surface area (Å²) in [6.45, 7) is 6.15. The van der Waals surface area contributed by atoms with Gasteiger partial charge in [0.05, 0.1) is 30.4 Å². The van der Waals surface area contributed by atoms with Gasteiger partial charge in [-0.1, -0.05) is 12.1 Å². The molecule has 2 aromatic carbocycles. The summed E-state index contributed by atoms with van der Waals surface area (Å²) >= 11 is 0. The predicted molar refractivity (Wildman–Crippen MR) is 123 cm³/mol. The summed E-state index contributed by atoms with van der Waals surface area (Å²) in [6.07, 6.45) is 1.61. The Morgan fingerprint density at radius 1 is 1.03 bits per heavy atom. The van der Waals surface area contributed by atoms with Gasteiger partial charge < -0.3 is 19.5 Å². The van der Waals surface area contributed by atoms with E-state index in [0.29, 0.717) is 29.7 Å². The number of fused-ring (bicyclic) bond motifs is 3.